The molecule has 0 aromatic heterocycles. The third-order valence-electron chi connectivity index (χ3n) is 4.24. The zero-order valence-corrected chi connectivity index (χ0v) is 16.6. The summed E-state index contributed by atoms with van der Waals surface area (Å²) in [5.41, 5.74) is 3.27. The van der Waals surface area contributed by atoms with E-state index in [-0.39, 0.29) is 0 Å². The lowest BCUT2D eigenvalue weighted by Gasteiger charge is -2.42. The van der Waals surface area contributed by atoms with Crippen molar-refractivity contribution in [2.45, 2.75) is 38.1 Å². The molecule has 126 valence electrons. The monoisotopic (exact) mass is 405 g/mol. The van der Waals surface area contributed by atoms with Crippen LogP contribution in [0.15, 0.2) is 57.9 Å². The molecule has 1 aliphatic rings. The predicted octanol–water partition coefficient (Wildman–Crippen LogP) is 5.15. The predicted molar refractivity (Wildman–Crippen MR) is 103 cm³/mol. The maximum absolute atomic E-state index is 13.3. The number of halogens is 1. The van der Waals surface area contributed by atoms with Gasteiger partial charge in [-0.3, -0.25) is 4.31 Å². The molecule has 0 unspecified atom stereocenters. The molecular weight excluding hydrogens is 386 g/mol. The number of allylic oxidation sites excluding steroid dienone is 1. The molecule has 0 atom stereocenters. The summed E-state index contributed by atoms with van der Waals surface area (Å²) in [7, 11) is -3.67. The third-order valence-corrected chi connectivity index (χ3v) is 6.79. The number of rotatable bonds is 2. The van der Waals surface area contributed by atoms with Crippen molar-refractivity contribution in [1.82, 2.24) is 0 Å². The minimum Gasteiger partial charge on any atom is -0.256 e. The van der Waals surface area contributed by atoms with Crippen molar-refractivity contribution in [2.24, 2.45) is 0 Å². The summed E-state index contributed by atoms with van der Waals surface area (Å²) in [4.78, 5) is 0.290. The van der Waals surface area contributed by atoms with E-state index in [1.165, 1.54) is 4.31 Å². The fourth-order valence-electron chi connectivity index (χ4n) is 3.27. The van der Waals surface area contributed by atoms with Crippen molar-refractivity contribution in [3.8, 4) is 0 Å². The van der Waals surface area contributed by atoms with Crippen LogP contribution >= 0.6 is 15.9 Å². The Morgan fingerprint density at radius 2 is 1.62 bits per heavy atom. The van der Waals surface area contributed by atoms with Gasteiger partial charge in [0.25, 0.3) is 10.0 Å². The van der Waals surface area contributed by atoms with Crippen molar-refractivity contribution in [1.29, 1.82) is 0 Å². The van der Waals surface area contributed by atoms with E-state index in [4.69, 9.17) is 0 Å². The number of hydrogen-bond donors (Lipinski definition) is 0. The van der Waals surface area contributed by atoms with E-state index in [1.807, 2.05) is 52.0 Å². The van der Waals surface area contributed by atoms with Gasteiger partial charge < -0.3 is 0 Å². The van der Waals surface area contributed by atoms with Crippen molar-refractivity contribution in [2.75, 3.05) is 4.31 Å². The molecule has 0 bridgehead atoms. The molecule has 0 saturated heterocycles. The fourth-order valence-corrected chi connectivity index (χ4v) is 5.32. The SMILES string of the molecule is CC1=CC(C)(C)N(S(=O)(=O)c2ccc(Br)cc2)c2ccc(C)cc21. The van der Waals surface area contributed by atoms with Crippen LogP contribution in [0.25, 0.3) is 5.57 Å². The molecule has 1 aliphatic heterocycles. The second-order valence-corrected chi connectivity index (χ2v) is 9.43. The topological polar surface area (TPSA) is 37.4 Å². The number of aryl methyl sites for hydroxylation is 1. The van der Waals surface area contributed by atoms with Gasteiger partial charge in [0, 0.05) is 10.0 Å². The van der Waals surface area contributed by atoms with E-state index in [0.29, 0.717) is 4.90 Å². The van der Waals surface area contributed by atoms with Gasteiger partial charge in [0.1, 0.15) is 0 Å². The van der Waals surface area contributed by atoms with Crippen LogP contribution in [0, 0.1) is 6.92 Å². The van der Waals surface area contributed by atoms with Gasteiger partial charge in [-0.2, -0.15) is 0 Å². The first kappa shape index (κ1) is 17.2. The van der Waals surface area contributed by atoms with Crippen molar-refractivity contribution in [3.05, 3.63) is 64.1 Å². The highest BCUT2D eigenvalue weighted by molar-refractivity contribution is 9.10. The Kier molecular flexibility index (Phi) is 4.12. The van der Waals surface area contributed by atoms with Crippen LogP contribution in [0.5, 0.6) is 0 Å². The van der Waals surface area contributed by atoms with Crippen LogP contribution in [-0.2, 0) is 10.0 Å². The second kappa shape index (κ2) is 5.74. The normalized spacial score (nSPS) is 16.5. The van der Waals surface area contributed by atoms with Gasteiger partial charge in [0.05, 0.1) is 16.1 Å². The molecule has 0 radical (unpaired) electrons. The van der Waals surface area contributed by atoms with Crippen LogP contribution in [-0.4, -0.2) is 14.0 Å². The van der Waals surface area contributed by atoms with E-state index in [2.05, 4.69) is 15.9 Å². The highest BCUT2D eigenvalue weighted by Gasteiger charge is 2.40. The molecule has 3 nitrogen and oxygen atoms in total. The minimum atomic E-state index is -3.67. The molecule has 3 rings (SSSR count). The van der Waals surface area contributed by atoms with Crippen molar-refractivity contribution >= 4 is 37.2 Å². The summed E-state index contributed by atoms with van der Waals surface area (Å²) in [5.74, 6) is 0. The van der Waals surface area contributed by atoms with Crippen LogP contribution in [0.1, 0.15) is 31.9 Å². The summed E-state index contributed by atoms with van der Waals surface area (Å²) in [6.07, 6.45) is 2.02. The molecule has 24 heavy (non-hydrogen) atoms. The Labute approximate surface area is 152 Å². The van der Waals surface area contributed by atoms with Gasteiger partial charge in [0.2, 0.25) is 0 Å². The maximum Gasteiger partial charge on any atom is 0.265 e. The van der Waals surface area contributed by atoms with E-state index < -0.39 is 15.6 Å². The molecular formula is C19H20BrNO2S. The van der Waals surface area contributed by atoms with Gasteiger partial charge >= 0.3 is 0 Å². The molecule has 0 aliphatic carbocycles. The lowest BCUT2D eigenvalue weighted by atomic mass is 9.90. The lowest BCUT2D eigenvalue weighted by Crippen LogP contribution is -2.48. The van der Waals surface area contributed by atoms with Crippen LogP contribution < -0.4 is 4.31 Å². The lowest BCUT2D eigenvalue weighted by molar-refractivity contribution is 0.561. The highest BCUT2D eigenvalue weighted by atomic mass is 79.9. The quantitative estimate of drug-likeness (QED) is 0.692. The first-order valence-electron chi connectivity index (χ1n) is 7.74. The van der Waals surface area contributed by atoms with Crippen molar-refractivity contribution < 1.29 is 8.42 Å². The van der Waals surface area contributed by atoms with Gasteiger partial charge in [-0.15, -0.1) is 0 Å². The van der Waals surface area contributed by atoms with Gasteiger partial charge in [-0.1, -0.05) is 33.6 Å². The van der Waals surface area contributed by atoms with Gasteiger partial charge in [-0.25, -0.2) is 8.42 Å². The Balaban J connectivity index is 2.24. The first-order valence-corrected chi connectivity index (χ1v) is 9.98. The summed E-state index contributed by atoms with van der Waals surface area (Å²) >= 11 is 3.35. The smallest absolute Gasteiger partial charge is 0.256 e. The molecule has 2 aromatic carbocycles. The Hall–Kier alpha value is -1.59. The zero-order chi connectivity index (χ0) is 17.7. The van der Waals surface area contributed by atoms with Crippen LogP contribution in [0.2, 0.25) is 0 Å². The van der Waals surface area contributed by atoms with Crippen LogP contribution in [0.4, 0.5) is 5.69 Å². The van der Waals surface area contributed by atoms with E-state index in [9.17, 15) is 8.42 Å². The molecule has 0 fully saturated rings. The molecule has 5 heteroatoms. The third kappa shape index (κ3) is 2.80. The summed E-state index contributed by atoms with van der Waals surface area (Å²) in [6, 6.07) is 12.7. The van der Waals surface area contributed by atoms with Gasteiger partial charge in [-0.05, 0) is 69.7 Å². The van der Waals surface area contributed by atoms with Gasteiger partial charge in [0.15, 0.2) is 0 Å². The number of nitrogens with zero attached hydrogens (tertiary/aromatic N) is 1. The standard InChI is InChI=1S/C19H20BrNO2S/c1-13-5-10-18-17(11-13)14(2)12-19(3,4)21(18)24(22,23)16-8-6-15(20)7-9-16/h5-12H,1-4H3. The van der Waals surface area contributed by atoms with E-state index in [1.54, 1.807) is 24.3 Å². The number of benzene rings is 2. The van der Waals surface area contributed by atoms with Crippen molar-refractivity contribution in [3.63, 3.8) is 0 Å². The van der Waals surface area contributed by atoms with E-state index in [0.717, 1.165) is 26.9 Å². The second-order valence-electron chi connectivity index (χ2n) is 6.72. The highest BCUT2D eigenvalue weighted by Crippen LogP contribution is 2.42. The molecule has 2 aromatic rings. The molecule has 1 heterocycles. The molecule has 0 amide bonds. The summed E-state index contributed by atoms with van der Waals surface area (Å²) in [6.45, 7) is 7.90. The Bertz CT molecular complexity index is 928. The minimum absolute atomic E-state index is 0.290. The number of fused-ring (bicyclic) bond motifs is 1. The average Bonchev–Trinajstić information content (AvgIpc) is 2.47. The number of anilines is 1. The summed E-state index contributed by atoms with van der Waals surface area (Å²) in [5, 5.41) is 0. The molecule has 0 N–H and O–H groups in total. The Morgan fingerprint density at radius 3 is 2.25 bits per heavy atom. The maximum atomic E-state index is 13.3. The first-order chi connectivity index (χ1) is 11.1. The average molecular weight is 406 g/mol. The molecule has 0 spiro atoms. The molecule has 0 saturated carbocycles. The Morgan fingerprint density at radius 1 is 1.00 bits per heavy atom. The number of hydrogen-bond acceptors (Lipinski definition) is 2. The fraction of sp³-hybridized carbons (Fsp3) is 0.263. The zero-order valence-electron chi connectivity index (χ0n) is 14.2. The van der Waals surface area contributed by atoms with Crippen LogP contribution in [0.3, 0.4) is 0 Å². The summed E-state index contributed by atoms with van der Waals surface area (Å²) < 4.78 is 29.1. The largest absolute Gasteiger partial charge is 0.265 e. The van der Waals surface area contributed by atoms with E-state index >= 15 is 0 Å². The number of sulfonamides is 1.